The van der Waals surface area contributed by atoms with Crippen LogP contribution in [0.5, 0.6) is 17.2 Å². The maximum atomic E-state index is 11.0. The molecule has 0 fully saturated rings. The Labute approximate surface area is 103 Å². The first kappa shape index (κ1) is 13.8. The molecule has 1 aromatic carbocycles. The van der Waals surface area contributed by atoms with E-state index < -0.39 is 16.5 Å². The van der Waals surface area contributed by atoms with E-state index in [1.54, 1.807) is 6.26 Å². The highest BCUT2D eigenvalue weighted by Crippen LogP contribution is 2.36. The lowest BCUT2D eigenvalue weighted by Gasteiger charge is -2.13. The summed E-state index contributed by atoms with van der Waals surface area (Å²) >= 11 is 0. The standard InChI is InChI=1S/C11H17NO4S/c1-7(6-17(2)16)12-5-8-3-4-9(13)11(15)10(8)14/h3-4,7,12-15H,5-6H2,1-2H3. The molecule has 17 heavy (non-hydrogen) atoms. The van der Waals surface area contributed by atoms with Crippen molar-refractivity contribution in [2.45, 2.75) is 19.5 Å². The van der Waals surface area contributed by atoms with Crippen molar-refractivity contribution in [3.05, 3.63) is 17.7 Å². The third kappa shape index (κ3) is 3.90. The second-order valence-electron chi connectivity index (χ2n) is 3.96. The van der Waals surface area contributed by atoms with Crippen LogP contribution in [-0.4, -0.2) is 37.6 Å². The minimum absolute atomic E-state index is 0.0381. The zero-order valence-electron chi connectivity index (χ0n) is 9.80. The zero-order chi connectivity index (χ0) is 13.0. The summed E-state index contributed by atoms with van der Waals surface area (Å²) in [5.74, 6) is -0.683. The summed E-state index contributed by atoms with van der Waals surface area (Å²) in [6.45, 7) is 2.22. The van der Waals surface area contributed by atoms with E-state index in [0.29, 0.717) is 17.9 Å². The van der Waals surface area contributed by atoms with Crippen molar-refractivity contribution >= 4 is 10.8 Å². The van der Waals surface area contributed by atoms with Gasteiger partial charge in [0, 0.05) is 41.0 Å². The molecule has 0 aromatic heterocycles. The van der Waals surface area contributed by atoms with Crippen molar-refractivity contribution in [2.24, 2.45) is 0 Å². The molecular weight excluding hydrogens is 242 g/mol. The van der Waals surface area contributed by atoms with E-state index in [-0.39, 0.29) is 17.5 Å². The van der Waals surface area contributed by atoms with Crippen molar-refractivity contribution in [1.82, 2.24) is 5.32 Å². The van der Waals surface area contributed by atoms with Crippen LogP contribution in [0.2, 0.25) is 0 Å². The molecule has 2 unspecified atom stereocenters. The second-order valence-corrected chi connectivity index (χ2v) is 5.44. The number of aromatic hydroxyl groups is 3. The van der Waals surface area contributed by atoms with Crippen LogP contribution < -0.4 is 5.32 Å². The molecule has 1 rings (SSSR count). The molecule has 0 saturated heterocycles. The maximum Gasteiger partial charge on any atom is 0.200 e. The number of benzene rings is 1. The molecule has 0 heterocycles. The van der Waals surface area contributed by atoms with Gasteiger partial charge in [-0.25, -0.2) is 0 Å². The van der Waals surface area contributed by atoms with Crippen LogP contribution in [0.15, 0.2) is 12.1 Å². The Balaban J connectivity index is 2.64. The van der Waals surface area contributed by atoms with Gasteiger partial charge < -0.3 is 20.6 Å². The Morgan fingerprint density at radius 3 is 2.53 bits per heavy atom. The van der Waals surface area contributed by atoms with E-state index in [0.717, 1.165) is 0 Å². The minimum atomic E-state index is -0.881. The Hall–Kier alpha value is -1.27. The Kier molecular flexibility index (Phi) is 4.77. The van der Waals surface area contributed by atoms with Crippen LogP contribution in [0.4, 0.5) is 0 Å². The molecule has 0 amide bonds. The van der Waals surface area contributed by atoms with Gasteiger partial charge in [0.25, 0.3) is 0 Å². The number of phenols is 3. The number of hydrogen-bond acceptors (Lipinski definition) is 5. The maximum absolute atomic E-state index is 11.0. The molecule has 4 N–H and O–H groups in total. The monoisotopic (exact) mass is 259 g/mol. The summed E-state index contributed by atoms with van der Waals surface area (Å²) in [6, 6.07) is 2.87. The Morgan fingerprint density at radius 1 is 1.29 bits per heavy atom. The summed E-state index contributed by atoms with van der Waals surface area (Å²) in [7, 11) is -0.881. The molecule has 1 aromatic rings. The SMILES string of the molecule is CC(CS(C)=O)NCc1ccc(O)c(O)c1O. The number of phenolic OH excluding ortho intramolecular Hbond substituents is 3. The molecular formula is C11H17NO4S. The van der Waals surface area contributed by atoms with Crippen LogP contribution in [-0.2, 0) is 17.3 Å². The quantitative estimate of drug-likeness (QED) is 0.583. The fourth-order valence-corrected chi connectivity index (χ4v) is 2.27. The molecule has 0 saturated carbocycles. The predicted molar refractivity (Wildman–Crippen MR) is 66.7 cm³/mol. The van der Waals surface area contributed by atoms with Gasteiger partial charge in [0.1, 0.15) is 0 Å². The normalized spacial score (nSPS) is 14.5. The van der Waals surface area contributed by atoms with Gasteiger partial charge in [-0.05, 0) is 13.0 Å². The molecule has 6 heteroatoms. The van der Waals surface area contributed by atoms with E-state index >= 15 is 0 Å². The fourth-order valence-electron chi connectivity index (χ4n) is 1.45. The van der Waals surface area contributed by atoms with Crippen molar-refractivity contribution < 1.29 is 19.5 Å². The van der Waals surface area contributed by atoms with Crippen LogP contribution in [0.3, 0.4) is 0 Å². The van der Waals surface area contributed by atoms with E-state index in [9.17, 15) is 14.4 Å². The highest BCUT2D eigenvalue weighted by Gasteiger charge is 2.11. The van der Waals surface area contributed by atoms with Crippen molar-refractivity contribution in [3.63, 3.8) is 0 Å². The fraction of sp³-hybridized carbons (Fsp3) is 0.455. The highest BCUT2D eigenvalue weighted by molar-refractivity contribution is 7.84. The zero-order valence-corrected chi connectivity index (χ0v) is 10.6. The summed E-state index contributed by atoms with van der Waals surface area (Å²) < 4.78 is 11.0. The van der Waals surface area contributed by atoms with Crippen LogP contribution in [0.25, 0.3) is 0 Å². The van der Waals surface area contributed by atoms with Crippen molar-refractivity contribution in [1.29, 1.82) is 0 Å². The average Bonchev–Trinajstić information content (AvgIpc) is 2.24. The van der Waals surface area contributed by atoms with E-state index in [2.05, 4.69) is 5.32 Å². The highest BCUT2D eigenvalue weighted by atomic mass is 32.2. The summed E-state index contributed by atoms with van der Waals surface area (Å²) in [5.41, 5.74) is 0.481. The summed E-state index contributed by atoms with van der Waals surface area (Å²) in [4.78, 5) is 0. The van der Waals surface area contributed by atoms with Gasteiger partial charge in [-0.3, -0.25) is 4.21 Å². The molecule has 0 aliphatic carbocycles. The molecule has 96 valence electrons. The van der Waals surface area contributed by atoms with Crippen LogP contribution in [0.1, 0.15) is 12.5 Å². The smallest absolute Gasteiger partial charge is 0.200 e. The number of nitrogens with one attached hydrogen (secondary N) is 1. The summed E-state index contributed by atoms with van der Waals surface area (Å²) in [5, 5.41) is 31.1. The van der Waals surface area contributed by atoms with Gasteiger partial charge in [0.15, 0.2) is 11.5 Å². The number of hydrogen-bond donors (Lipinski definition) is 4. The predicted octanol–water partition coefficient (Wildman–Crippen LogP) is 0.660. The van der Waals surface area contributed by atoms with Crippen LogP contribution >= 0.6 is 0 Å². The number of rotatable bonds is 5. The summed E-state index contributed by atoms with van der Waals surface area (Å²) in [6.07, 6.45) is 1.63. The first-order valence-corrected chi connectivity index (χ1v) is 6.90. The van der Waals surface area contributed by atoms with E-state index in [4.69, 9.17) is 5.11 Å². The van der Waals surface area contributed by atoms with Gasteiger partial charge in [-0.15, -0.1) is 0 Å². The lowest BCUT2D eigenvalue weighted by Crippen LogP contribution is -2.30. The first-order valence-electron chi connectivity index (χ1n) is 5.18. The third-order valence-electron chi connectivity index (χ3n) is 2.34. The molecule has 0 radical (unpaired) electrons. The molecule has 0 spiro atoms. The largest absolute Gasteiger partial charge is 0.504 e. The van der Waals surface area contributed by atoms with Gasteiger partial charge in [0.2, 0.25) is 5.75 Å². The minimum Gasteiger partial charge on any atom is -0.504 e. The van der Waals surface area contributed by atoms with Gasteiger partial charge in [-0.1, -0.05) is 6.07 Å². The Morgan fingerprint density at radius 2 is 1.94 bits per heavy atom. The molecule has 0 aliphatic heterocycles. The Bertz CT molecular complexity index is 422. The first-order chi connectivity index (χ1) is 7.91. The van der Waals surface area contributed by atoms with E-state index in [1.165, 1.54) is 12.1 Å². The van der Waals surface area contributed by atoms with Gasteiger partial charge >= 0.3 is 0 Å². The van der Waals surface area contributed by atoms with Crippen LogP contribution in [0, 0.1) is 0 Å². The van der Waals surface area contributed by atoms with Crippen molar-refractivity contribution in [2.75, 3.05) is 12.0 Å². The molecule has 0 bridgehead atoms. The van der Waals surface area contributed by atoms with Gasteiger partial charge in [0.05, 0.1) is 0 Å². The van der Waals surface area contributed by atoms with Crippen molar-refractivity contribution in [3.8, 4) is 17.2 Å². The van der Waals surface area contributed by atoms with Gasteiger partial charge in [-0.2, -0.15) is 0 Å². The third-order valence-corrected chi connectivity index (χ3v) is 3.31. The second kappa shape index (κ2) is 5.88. The lowest BCUT2D eigenvalue weighted by molar-refractivity contribution is 0.363. The lowest BCUT2D eigenvalue weighted by atomic mass is 10.1. The van der Waals surface area contributed by atoms with E-state index in [1.807, 2.05) is 6.92 Å². The average molecular weight is 259 g/mol. The molecule has 2 atom stereocenters. The molecule has 0 aliphatic rings. The topological polar surface area (TPSA) is 89.8 Å². The molecule has 5 nitrogen and oxygen atoms in total.